The van der Waals surface area contributed by atoms with Gasteiger partial charge >= 0.3 is 0 Å². The van der Waals surface area contributed by atoms with E-state index in [1.807, 2.05) is 24.3 Å². The van der Waals surface area contributed by atoms with E-state index >= 15 is 0 Å². The normalized spacial score (nSPS) is 31.9. The molecule has 5 rings (SSSR count). The van der Waals surface area contributed by atoms with Crippen LogP contribution in [0, 0.1) is 17.8 Å². The van der Waals surface area contributed by atoms with Crippen molar-refractivity contribution in [1.29, 1.82) is 0 Å². The Morgan fingerprint density at radius 3 is 2.11 bits per heavy atom. The van der Waals surface area contributed by atoms with Crippen LogP contribution in [0.15, 0.2) is 24.3 Å². The lowest BCUT2D eigenvalue weighted by molar-refractivity contribution is -0.116. The van der Waals surface area contributed by atoms with E-state index < -0.39 is 10.0 Å². The quantitative estimate of drug-likeness (QED) is 0.782. The number of nitrogens with one attached hydrogen (secondary N) is 2. The summed E-state index contributed by atoms with van der Waals surface area (Å²) < 4.78 is 24.1. The van der Waals surface area contributed by atoms with Crippen LogP contribution >= 0.6 is 0 Å². The second-order valence-corrected chi connectivity index (χ2v) is 11.0. The van der Waals surface area contributed by atoms with Gasteiger partial charge in [0.2, 0.25) is 15.9 Å². The Morgan fingerprint density at radius 2 is 1.59 bits per heavy atom. The average Bonchev–Trinajstić information content (AvgIpc) is 2.54. The summed E-state index contributed by atoms with van der Waals surface area (Å²) in [7, 11) is -1.97. The van der Waals surface area contributed by atoms with Crippen LogP contribution in [0.4, 0.5) is 11.4 Å². The molecule has 4 fully saturated rings. The lowest BCUT2D eigenvalue weighted by Crippen LogP contribution is -2.54. The van der Waals surface area contributed by atoms with E-state index in [1.54, 1.807) is 0 Å². The molecule has 148 valence electrons. The highest BCUT2D eigenvalue weighted by Crippen LogP contribution is 2.56. The van der Waals surface area contributed by atoms with E-state index in [0.29, 0.717) is 0 Å². The molecule has 1 amide bonds. The van der Waals surface area contributed by atoms with Crippen LogP contribution in [0.3, 0.4) is 0 Å². The predicted molar refractivity (Wildman–Crippen MR) is 107 cm³/mol. The maximum Gasteiger partial charge on any atom is 0.239 e. The first-order valence-corrected chi connectivity index (χ1v) is 11.7. The van der Waals surface area contributed by atoms with Gasteiger partial charge in [0, 0.05) is 12.6 Å². The fourth-order valence-corrected chi connectivity index (χ4v) is 6.11. The lowest BCUT2D eigenvalue weighted by atomic mass is 9.53. The molecule has 7 heteroatoms. The van der Waals surface area contributed by atoms with E-state index in [1.165, 1.54) is 45.6 Å². The van der Waals surface area contributed by atoms with Crippen LogP contribution in [0.25, 0.3) is 0 Å². The zero-order chi connectivity index (χ0) is 19.2. The second kappa shape index (κ2) is 6.78. The molecule has 1 aromatic rings. The molecule has 4 aliphatic rings. The summed E-state index contributed by atoms with van der Waals surface area (Å²) >= 11 is 0. The molecule has 27 heavy (non-hydrogen) atoms. The van der Waals surface area contributed by atoms with Gasteiger partial charge in [-0.15, -0.1) is 0 Å². The number of nitrogens with zero attached hydrogens (tertiary/aromatic N) is 1. The molecule has 0 unspecified atom stereocenters. The molecule has 6 nitrogen and oxygen atoms in total. The second-order valence-electron chi connectivity index (χ2n) is 8.94. The molecular weight excluding hydrogens is 362 g/mol. The van der Waals surface area contributed by atoms with Crippen LogP contribution in [-0.4, -0.2) is 44.0 Å². The van der Waals surface area contributed by atoms with Crippen molar-refractivity contribution in [2.75, 3.05) is 30.5 Å². The topological polar surface area (TPSA) is 78.5 Å². The molecule has 0 radical (unpaired) electrons. The van der Waals surface area contributed by atoms with Gasteiger partial charge in [-0.05, 0) is 68.4 Å². The van der Waals surface area contributed by atoms with Gasteiger partial charge in [0.05, 0.1) is 24.2 Å². The summed E-state index contributed by atoms with van der Waals surface area (Å²) in [6.45, 7) is -0.190. The van der Waals surface area contributed by atoms with E-state index in [4.69, 9.17) is 0 Å². The highest BCUT2D eigenvalue weighted by Gasteiger charge is 2.51. The van der Waals surface area contributed by atoms with Crippen LogP contribution < -0.4 is 10.6 Å². The summed E-state index contributed by atoms with van der Waals surface area (Å²) in [5.74, 6) is 2.19. The van der Waals surface area contributed by atoms with Crippen LogP contribution in [-0.2, 0) is 14.8 Å². The van der Waals surface area contributed by atoms with Crippen molar-refractivity contribution < 1.29 is 13.2 Å². The standard InChI is InChI=1S/C20H29N3O3S/c1-23(27(2,25)26)13-19(24)21-17-5-3-4-6-18(17)22-20-10-14-7-15(11-20)9-16(8-14)12-20/h3-6,14-16,22H,7-13H2,1-2H3,(H,21,24). The number of sulfonamides is 1. The number of carbonyl (C=O) groups excluding carboxylic acids is 1. The number of anilines is 2. The number of para-hydroxylation sites is 2. The summed E-state index contributed by atoms with van der Waals surface area (Å²) in [4.78, 5) is 12.3. The maximum atomic E-state index is 12.3. The third-order valence-electron chi connectivity index (χ3n) is 6.57. The zero-order valence-electron chi connectivity index (χ0n) is 16.1. The van der Waals surface area contributed by atoms with E-state index in [0.717, 1.165) is 39.7 Å². The molecule has 4 aliphatic carbocycles. The average molecular weight is 392 g/mol. The van der Waals surface area contributed by atoms with Gasteiger partial charge in [-0.1, -0.05) is 12.1 Å². The maximum absolute atomic E-state index is 12.3. The monoisotopic (exact) mass is 391 g/mol. The first-order valence-electron chi connectivity index (χ1n) is 9.81. The first kappa shape index (κ1) is 18.7. The minimum Gasteiger partial charge on any atom is -0.378 e. The van der Waals surface area contributed by atoms with E-state index in [-0.39, 0.29) is 18.0 Å². The molecule has 1 aromatic carbocycles. The Bertz CT molecular complexity index is 801. The third kappa shape index (κ3) is 3.99. The highest BCUT2D eigenvalue weighted by molar-refractivity contribution is 7.88. The Morgan fingerprint density at radius 1 is 1.07 bits per heavy atom. The van der Waals surface area contributed by atoms with E-state index in [9.17, 15) is 13.2 Å². The van der Waals surface area contributed by atoms with Crippen LogP contribution in [0.1, 0.15) is 38.5 Å². The van der Waals surface area contributed by atoms with Crippen molar-refractivity contribution in [1.82, 2.24) is 4.31 Å². The first-order chi connectivity index (χ1) is 12.7. The van der Waals surface area contributed by atoms with Gasteiger partial charge in [0.1, 0.15) is 0 Å². The van der Waals surface area contributed by atoms with Gasteiger partial charge in [0.25, 0.3) is 0 Å². The van der Waals surface area contributed by atoms with Crippen LogP contribution in [0.2, 0.25) is 0 Å². The van der Waals surface area contributed by atoms with Crippen molar-refractivity contribution in [2.24, 2.45) is 17.8 Å². The number of hydrogen-bond donors (Lipinski definition) is 2. The summed E-state index contributed by atoms with van der Waals surface area (Å²) in [6, 6.07) is 7.75. The number of amides is 1. The number of benzene rings is 1. The van der Waals surface area contributed by atoms with Gasteiger partial charge in [-0.2, -0.15) is 4.31 Å². The van der Waals surface area contributed by atoms with Crippen molar-refractivity contribution in [2.45, 2.75) is 44.1 Å². The van der Waals surface area contributed by atoms with E-state index in [2.05, 4.69) is 10.6 Å². The van der Waals surface area contributed by atoms with Crippen molar-refractivity contribution in [3.8, 4) is 0 Å². The Hall–Kier alpha value is -1.60. The Labute approximate surface area is 161 Å². The van der Waals surface area contributed by atoms with Crippen molar-refractivity contribution >= 4 is 27.3 Å². The summed E-state index contributed by atoms with van der Waals surface area (Å²) in [5.41, 5.74) is 1.81. The smallest absolute Gasteiger partial charge is 0.239 e. The van der Waals surface area contributed by atoms with Crippen molar-refractivity contribution in [3.05, 3.63) is 24.3 Å². The predicted octanol–water partition coefficient (Wildman–Crippen LogP) is 2.90. The van der Waals surface area contributed by atoms with Gasteiger partial charge in [-0.25, -0.2) is 8.42 Å². The SMILES string of the molecule is CN(CC(=O)Nc1ccccc1NC12CC3CC(CC(C3)C1)C2)S(C)(=O)=O. The molecule has 0 aliphatic heterocycles. The molecule has 2 N–H and O–H groups in total. The molecule has 0 saturated heterocycles. The number of likely N-dealkylation sites (N-methyl/N-ethyl adjacent to an activating group) is 1. The molecule has 0 aromatic heterocycles. The molecule has 0 atom stereocenters. The lowest BCUT2D eigenvalue weighted by Gasteiger charge is -2.57. The number of carbonyl (C=O) groups is 1. The van der Waals surface area contributed by atoms with Gasteiger partial charge in [-0.3, -0.25) is 4.79 Å². The van der Waals surface area contributed by atoms with Crippen molar-refractivity contribution in [3.63, 3.8) is 0 Å². The molecular formula is C20H29N3O3S. The third-order valence-corrected chi connectivity index (χ3v) is 7.83. The minimum absolute atomic E-state index is 0.152. The highest BCUT2D eigenvalue weighted by atomic mass is 32.2. The Balaban J connectivity index is 1.48. The fraction of sp³-hybridized carbons (Fsp3) is 0.650. The van der Waals surface area contributed by atoms with Gasteiger partial charge in [0.15, 0.2) is 0 Å². The zero-order valence-corrected chi connectivity index (χ0v) is 16.9. The van der Waals surface area contributed by atoms with Crippen LogP contribution in [0.5, 0.6) is 0 Å². The molecule has 4 saturated carbocycles. The summed E-state index contributed by atoms with van der Waals surface area (Å²) in [6.07, 6.45) is 8.92. The largest absolute Gasteiger partial charge is 0.378 e. The number of hydrogen-bond acceptors (Lipinski definition) is 4. The molecule has 4 bridgehead atoms. The molecule has 0 spiro atoms. The molecule has 0 heterocycles. The fourth-order valence-electron chi connectivity index (χ4n) is 5.76. The number of rotatable bonds is 6. The minimum atomic E-state index is -3.38. The Kier molecular flexibility index (Phi) is 4.71. The summed E-state index contributed by atoms with van der Waals surface area (Å²) in [5, 5.41) is 6.69. The van der Waals surface area contributed by atoms with Gasteiger partial charge < -0.3 is 10.6 Å².